The van der Waals surface area contributed by atoms with E-state index in [1.807, 2.05) is 0 Å². The van der Waals surface area contributed by atoms with E-state index in [2.05, 4.69) is 17.1 Å². The fourth-order valence-corrected chi connectivity index (χ4v) is 2.79. The third kappa shape index (κ3) is 6.44. The van der Waals surface area contributed by atoms with Crippen LogP contribution in [0.2, 0.25) is 0 Å². The first-order valence-corrected chi connectivity index (χ1v) is 7.96. The van der Waals surface area contributed by atoms with Gasteiger partial charge in [-0.1, -0.05) is 6.42 Å². The summed E-state index contributed by atoms with van der Waals surface area (Å²) in [6.45, 7) is 5.83. The Balaban J connectivity index is 2.24. The van der Waals surface area contributed by atoms with Crippen LogP contribution in [0.5, 0.6) is 0 Å². The summed E-state index contributed by atoms with van der Waals surface area (Å²) in [5.41, 5.74) is 5.79. The number of hydrogen-bond donors (Lipinski definition) is 2. The zero-order chi connectivity index (χ0) is 15.7. The third-order valence-corrected chi connectivity index (χ3v) is 3.98. The van der Waals surface area contributed by atoms with Gasteiger partial charge in [0.25, 0.3) is 0 Å². The number of carbonyl (C=O) groups excluding carboxylic acids is 2. The quantitative estimate of drug-likeness (QED) is 0.508. The van der Waals surface area contributed by atoms with Gasteiger partial charge in [0.15, 0.2) is 0 Å². The maximum Gasteiger partial charge on any atom is 0.305 e. The molecule has 0 aromatic rings. The van der Waals surface area contributed by atoms with Crippen molar-refractivity contribution < 1.29 is 14.3 Å². The summed E-state index contributed by atoms with van der Waals surface area (Å²) in [5, 5.41) is 2.86. The summed E-state index contributed by atoms with van der Waals surface area (Å²) in [5.74, 6) is -0.203. The molecule has 21 heavy (non-hydrogen) atoms. The van der Waals surface area contributed by atoms with Crippen LogP contribution in [0.15, 0.2) is 0 Å². The van der Waals surface area contributed by atoms with Crippen LogP contribution in [-0.2, 0) is 14.3 Å². The molecule has 0 radical (unpaired) electrons. The average Bonchev–Trinajstić information content (AvgIpc) is 2.46. The second kappa shape index (κ2) is 9.73. The summed E-state index contributed by atoms with van der Waals surface area (Å²) < 4.78 is 4.84. The molecule has 0 bridgehead atoms. The molecule has 6 heteroatoms. The topological polar surface area (TPSA) is 84.7 Å². The Labute approximate surface area is 127 Å². The number of esters is 1. The summed E-state index contributed by atoms with van der Waals surface area (Å²) in [6.07, 6.45) is 4.32. The first kappa shape index (κ1) is 17.9. The molecule has 0 aromatic carbocycles. The molecule has 2 unspecified atom stereocenters. The van der Waals surface area contributed by atoms with E-state index in [0.717, 1.165) is 12.8 Å². The maximum absolute atomic E-state index is 12.0. The molecule has 2 atom stereocenters. The lowest BCUT2D eigenvalue weighted by atomic mass is 9.96. The Hall–Kier alpha value is -1.14. The molecule has 1 aliphatic heterocycles. The van der Waals surface area contributed by atoms with Crippen LogP contribution >= 0.6 is 0 Å². The molecule has 0 aliphatic carbocycles. The van der Waals surface area contributed by atoms with E-state index in [0.29, 0.717) is 51.2 Å². The zero-order valence-corrected chi connectivity index (χ0v) is 13.3. The highest BCUT2D eigenvalue weighted by Gasteiger charge is 2.28. The molecule has 0 spiro atoms. The molecular formula is C15H29N3O3. The van der Waals surface area contributed by atoms with E-state index in [9.17, 15) is 9.59 Å². The van der Waals surface area contributed by atoms with Crippen molar-refractivity contribution in [3.05, 3.63) is 0 Å². The highest BCUT2D eigenvalue weighted by Crippen LogP contribution is 2.21. The summed E-state index contributed by atoms with van der Waals surface area (Å²) >= 11 is 0. The number of nitrogens with one attached hydrogen (secondary N) is 1. The Morgan fingerprint density at radius 2 is 2.14 bits per heavy atom. The first-order valence-electron chi connectivity index (χ1n) is 7.96. The molecule has 122 valence electrons. The van der Waals surface area contributed by atoms with E-state index in [4.69, 9.17) is 10.5 Å². The van der Waals surface area contributed by atoms with Gasteiger partial charge in [-0.3, -0.25) is 14.5 Å². The number of carbonyl (C=O) groups is 2. The molecule has 1 aliphatic rings. The Kier molecular flexibility index (Phi) is 8.30. The van der Waals surface area contributed by atoms with Gasteiger partial charge in [-0.2, -0.15) is 0 Å². The normalized spacial score (nSPS) is 22.8. The van der Waals surface area contributed by atoms with Crippen LogP contribution in [-0.4, -0.2) is 55.1 Å². The SMILES string of the molecule is CCOC(=O)CCCNC(=O)CN1C(C)CCCC1CN. The second-order valence-electron chi connectivity index (χ2n) is 5.60. The van der Waals surface area contributed by atoms with Gasteiger partial charge in [-0.25, -0.2) is 0 Å². The van der Waals surface area contributed by atoms with E-state index in [1.165, 1.54) is 6.42 Å². The Morgan fingerprint density at radius 3 is 2.81 bits per heavy atom. The van der Waals surface area contributed by atoms with Crippen LogP contribution in [0.25, 0.3) is 0 Å². The van der Waals surface area contributed by atoms with Gasteiger partial charge >= 0.3 is 5.97 Å². The van der Waals surface area contributed by atoms with E-state index in [-0.39, 0.29) is 11.9 Å². The van der Waals surface area contributed by atoms with Crippen molar-refractivity contribution in [1.82, 2.24) is 10.2 Å². The van der Waals surface area contributed by atoms with Gasteiger partial charge in [-0.15, -0.1) is 0 Å². The monoisotopic (exact) mass is 299 g/mol. The third-order valence-electron chi connectivity index (χ3n) is 3.98. The van der Waals surface area contributed by atoms with Crippen LogP contribution in [0.3, 0.4) is 0 Å². The van der Waals surface area contributed by atoms with Crippen LogP contribution < -0.4 is 11.1 Å². The highest BCUT2D eigenvalue weighted by molar-refractivity contribution is 5.78. The molecule has 1 fully saturated rings. The lowest BCUT2D eigenvalue weighted by molar-refractivity contribution is -0.143. The van der Waals surface area contributed by atoms with E-state index >= 15 is 0 Å². The highest BCUT2D eigenvalue weighted by atomic mass is 16.5. The van der Waals surface area contributed by atoms with Crippen molar-refractivity contribution >= 4 is 11.9 Å². The lowest BCUT2D eigenvalue weighted by Crippen LogP contribution is -2.52. The smallest absolute Gasteiger partial charge is 0.305 e. The minimum Gasteiger partial charge on any atom is -0.466 e. The number of hydrogen-bond acceptors (Lipinski definition) is 5. The predicted octanol–water partition coefficient (Wildman–Crippen LogP) is 0.648. The predicted molar refractivity (Wildman–Crippen MR) is 81.7 cm³/mol. The minimum atomic E-state index is -0.209. The van der Waals surface area contributed by atoms with Gasteiger partial charge in [0.05, 0.1) is 13.2 Å². The summed E-state index contributed by atoms with van der Waals surface area (Å²) in [6, 6.07) is 0.705. The second-order valence-corrected chi connectivity index (χ2v) is 5.60. The number of piperidine rings is 1. The van der Waals surface area contributed by atoms with Crippen molar-refractivity contribution in [2.75, 3.05) is 26.2 Å². The van der Waals surface area contributed by atoms with Crippen molar-refractivity contribution in [2.45, 2.75) is 58.0 Å². The molecule has 0 aromatic heterocycles. The van der Waals surface area contributed by atoms with Gasteiger partial charge < -0.3 is 15.8 Å². The van der Waals surface area contributed by atoms with Crippen molar-refractivity contribution in [3.8, 4) is 0 Å². The number of rotatable bonds is 8. The summed E-state index contributed by atoms with van der Waals surface area (Å²) in [4.78, 5) is 25.3. The first-order chi connectivity index (χ1) is 10.1. The van der Waals surface area contributed by atoms with Gasteiger partial charge in [0.1, 0.15) is 0 Å². The molecule has 6 nitrogen and oxygen atoms in total. The van der Waals surface area contributed by atoms with Crippen molar-refractivity contribution in [3.63, 3.8) is 0 Å². The average molecular weight is 299 g/mol. The molecule has 3 N–H and O–H groups in total. The van der Waals surface area contributed by atoms with Gasteiger partial charge in [0, 0.05) is 31.6 Å². The number of amides is 1. The maximum atomic E-state index is 12.0. The van der Waals surface area contributed by atoms with Crippen LogP contribution in [0.1, 0.15) is 46.0 Å². The largest absolute Gasteiger partial charge is 0.466 e. The molecule has 1 rings (SSSR count). The fourth-order valence-electron chi connectivity index (χ4n) is 2.79. The summed E-state index contributed by atoms with van der Waals surface area (Å²) in [7, 11) is 0. The number of likely N-dealkylation sites (tertiary alicyclic amines) is 1. The van der Waals surface area contributed by atoms with Gasteiger partial charge in [0.2, 0.25) is 5.91 Å². The molecule has 1 heterocycles. The number of nitrogens with two attached hydrogens (primary N) is 1. The Bertz CT molecular complexity index is 336. The standard InChI is InChI=1S/C15H29N3O3/c1-3-21-15(20)8-5-9-17-14(19)11-18-12(2)6-4-7-13(18)10-16/h12-13H,3-11,16H2,1-2H3,(H,17,19). The molecule has 0 saturated carbocycles. The van der Waals surface area contributed by atoms with E-state index < -0.39 is 0 Å². The van der Waals surface area contributed by atoms with Gasteiger partial charge in [-0.05, 0) is 33.1 Å². The lowest BCUT2D eigenvalue weighted by Gasteiger charge is -2.39. The minimum absolute atomic E-state index is 0.00561. The fraction of sp³-hybridized carbons (Fsp3) is 0.867. The molecule has 1 amide bonds. The van der Waals surface area contributed by atoms with Crippen molar-refractivity contribution in [2.24, 2.45) is 5.73 Å². The number of nitrogens with zero attached hydrogens (tertiary/aromatic N) is 1. The van der Waals surface area contributed by atoms with Crippen LogP contribution in [0.4, 0.5) is 0 Å². The van der Waals surface area contributed by atoms with Crippen molar-refractivity contribution in [1.29, 1.82) is 0 Å². The number of ether oxygens (including phenoxy) is 1. The van der Waals surface area contributed by atoms with E-state index in [1.54, 1.807) is 6.92 Å². The molecular weight excluding hydrogens is 270 g/mol. The zero-order valence-electron chi connectivity index (χ0n) is 13.3. The Morgan fingerprint density at radius 1 is 1.38 bits per heavy atom. The van der Waals surface area contributed by atoms with Crippen LogP contribution in [0, 0.1) is 0 Å². The molecule has 1 saturated heterocycles.